The second-order valence-electron chi connectivity index (χ2n) is 7.23. The maximum atomic E-state index is 12.7. The van der Waals surface area contributed by atoms with Crippen LogP contribution in [0.3, 0.4) is 0 Å². The maximum absolute atomic E-state index is 12.7. The summed E-state index contributed by atoms with van der Waals surface area (Å²) >= 11 is 1.68. The molecule has 1 heterocycles. The fraction of sp³-hybridized carbons (Fsp3) is 0.591. The Hall–Kier alpha value is -1.47. The van der Waals surface area contributed by atoms with Gasteiger partial charge in [0.15, 0.2) is 0 Å². The summed E-state index contributed by atoms with van der Waals surface area (Å²) in [7, 11) is 0. The number of alkyl halides is 3. The van der Waals surface area contributed by atoms with Crippen LogP contribution in [0.2, 0.25) is 0 Å². The summed E-state index contributed by atoms with van der Waals surface area (Å²) in [6.45, 7) is 3.69. The second kappa shape index (κ2) is 13.0. The van der Waals surface area contributed by atoms with Crippen LogP contribution in [-0.4, -0.2) is 28.0 Å². The lowest BCUT2D eigenvalue weighted by Gasteiger charge is -2.18. The molecule has 0 saturated carbocycles. The summed E-state index contributed by atoms with van der Waals surface area (Å²) in [5, 5.41) is 0. The largest absolute Gasteiger partial charge is 0.416 e. The van der Waals surface area contributed by atoms with E-state index in [4.69, 9.17) is 4.74 Å². The van der Waals surface area contributed by atoms with E-state index in [-0.39, 0.29) is 6.10 Å². The molecular formula is C22H31F3N2OS. The Morgan fingerprint density at radius 2 is 1.79 bits per heavy atom. The zero-order valence-corrected chi connectivity index (χ0v) is 17.9. The minimum absolute atomic E-state index is 0.0549. The Bertz CT molecular complexity index is 660. The molecule has 0 spiro atoms. The molecule has 29 heavy (non-hydrogen) atoms. The highest BCUT2D eigenvalue weighted by Crippen LogP contribution is 2.29. The predicted octanol–water partition coefficient (Wildman–Crippen LogP) is 6.58. The third-order valence-electron chi connectivity index (χ3n) is 4.68. The Morgan fingerprint density at radius 3 is 2.45 bits per heavy atom. The van der Waals surface area contributed by atoms with Crippen molar-refractivity contribution in [3.8, 4) is 0 Å². The van der Waals surface area contributed by atoms with Gasteiger partial charge >= 0.3 is 6.18 Å². The fourth-order valence-electron chi connectivity index (χ4n) is 3.01. The van der Waals surface area contributed by atoms with Crippen LogP contribution in [0.1, 0.15) is 56.6 Å². The molecule has 0 aliphatic rings. The number of hydrogen-bond donors (Lipinski definition) is 0. The molecule has 0 N–H and O–H groups in total. The van der Waals surface area contributed by atoms with Gasteiger partial charge < -0.3 is 9.30 Å². The summed E-state index contributed by atoms with van der Waals surface area (Å²) in [5.41, 5.74) is 0.284. The van der Waals surface area contributed by atoms with Crippen molar-refractivity contribution in [2.75, 3.05) is 12.4 Å². The summed E-state index contributed by atoms with van der Waals surface area (Å²) in [6.07, 6.45) is 8.56. The minimum atomic E-state index is -4.29. The molecule has 2 rings (SSSR count). The van der Waals surface area contributed by atoms with E-state index in [0.29, 0.717) is 5.75 Å². The van der Waals surface area contributed by atoms with Crippen molar-refractivity contribution < 1.29 is 17.9 Å². The van der Waals surface area contributed by atoms with Crippen LogP contribution in [0.4, 0.5) is 13.2 Å². The molecule has 1 atom stereocenters. The van der Waals surface area contributed by atoms with E-state index >= 15 is 0 Å². The van der Waals surface area contributed by atoms with E-state index < -0.39 is 11.7 Å². The monoisotopic (exact) mass is 428 g/mol. The van der Waals surface area contributed by atoms with Gasteiger partial charge in [-0.1, -0.05) is 51.2 Å². The molecule has 1 aromatic heterocycles. The van der Waals surface area contributed by atoms with E-state index in [1.54, 1.807) is 36.4 Å². The highest BCUT2D eigenvalue weighted by molar-refractivity contribution is 7.98. The second-order valence-corrected chi connectivity index (χ2v) is 8.26. The van der Waals surface area contributed by atoms with Crippen molar-refractivity contribution >= 4 is 11.8 Å². The lowest BCUT2D eigenvalue weighted by molar-refractivity contribution is -0.137. The number of hydrogen-bond acceptors (Lipinski definition) is 3. The number of nitrogens with zero attached hydrogens (tertiary/aromatic N) is 2. The molecule has 1 unspecified atom stereocenters. The van der Waals surface area contributed by atoms with Gasteiger partial charge in [-0.25, -0.2) is 4.98 Å². The van der Waals surface area contributed by atoms with Crippen molar-refractivity contribution in [3.05, 3.63) is 54.1 Å². The third kappa shape index (κ3) is 9.72. The van der Waals surface area contributed by atoms with Crippen molar-refractivity contribution in [1.29, 1.82) is 0 Å². The predicted molar refractivity (Wildman–Crippen MR) is 113 cm³/mol. The van der Waals surface area contributed by atoms with Crippen LogP contribution in [0, 0.1) is 0 Å². The molecule has 0 aliphatic heterocycles. The molecule has 162 valence electrons. The first-order valence-corrected chi connectivity index (χ1v) is 11.5. The topological polar surface area (TPSA) is 27.1 Å². The third-order valence-corrected chi connectivity index (χ3v) is 5.82. The Morgan fingerprint density at radius 1 is 1.07 bits per heavy atom. The Balaban J connectivity index is 1.74. The van der Waals surface area contributed by atoms with Crippen LogP contribution < -0.4 is 0 Å². The number of ether oxygens (including phenoxy) is 1. The van der Waals surface area contributed by atoms with Gasteiger partial charge in [-0.05, 0) is 24.1 Å². The first-order chi connectivity index (χ1) is 14.0. The van der Waals surface area contributed by atoms with Crippen LogP contribution in [0.5, 0.6) is 0 Å². The van der Waals surface area contributed by atoms with Crippen LogP contribution in [-0.2, 0) is 23.2 Å². The molecule has 0 radical (unpaired) electrons. The molecule has 0 bridgehead atoms. The van der Waals surface area contributed by atoms with Crippen molar-refractivity contribution in [2.24, 2.45) is 0 Å². The van der Waals surface area contributed by atoms with E-state index in [1.165, 1.54) is 32.1 Å². The van der Waals surface area contributed by atoms with Crippen molar-refractivity contribution in [1.82, 2.24) is 9.55 Å². The molecule has 3 nitrogen and oxygen atoms in total. The summed E-state index contributed by atoms with van der Waals surface area (Å²) in [4.78, 5) is 4.08. The van der Waals surface area contributed by atoms with Crippen LogP contribution >= 0.6 is 11.8 Å². The number of unbranched alkanes of at least 4 members (excludes halogenated alkanes) is 5. The molecule has 0 amide bonds. The van der Waals surface area contributed by atoms with Crippen molar-refractivity contribution in [2.45, 2.75) is 70.0 Å². The zero-order chi connectivity index (χ0) is 21.0. The Labute approximate surface area is 176 Å². The molecule has 0 saturated heterocycles. The standard InChI is InChI=1S/C22H31F3N2OS/c1-2-3-4-5-6-7-14-28-21(15-27-13-12-26-18-27)17-29-16-19-8-10-20(11-9-19)22(23,24)25/h8-13,18,21H,2-7,14-17H2,1H3. The average molecular weight is 429 g/mol. The number of imidazole rings is 1. The van der Waals surface area contributed by atoms with Gasteiger partial charge in [0, 0.05) is 30.5 Å². The number of thioether (sulfide) groups is 1. The lowest BCUT2D eigenvalue weighted by Crippen LogP contribution is -2.23. The van der Waals surface area contributed by atoms with Gasteiger partial charge in [-0.3, -0.25) is 0 Å². The molecule has 0 aliphatic carbocycles. The lowest BCUT2D eigenvalue weighted by atomic mass is 10.1. The number of halogens is 3. The normalized spacial score (nSPS) is 13.0. The van der Waals surface area contributed by atoms with Gasteiger partial charge in [-0.15, -0.1) is 0 Å². The van der Waals surface area contributed by atoms with Gasteiger partial charge in [0.1, 0.15) is 0 Å². The van der Waals surface area contributed by atoms with Gasteiger partial charge in [-0.2, -0.15) is 24.9 Å². The zero-order valence-electron chi connectivity index (χ0n) is 17.0. The van der Waals surface area contributed by atoms with E-state index in [2.05, 4.69) is 11.9 Å². The van der Waals surface area contributed by atoms with Crippen LogP contribution in [0.25, 0.3) is 0 Å². The van der Waals surface area contributed by atoms with E-state index in [1.807, 2.05) is 10.8 Å². The van der Waals surface area contributed by atoms with Crippen molar-refractivity contribution in [3.63, 3.8) is 0 Å². The number of benzene rings is 1. The summed E-state index contributed by atoms with van der Waals surface area (Å²) < 4.78 is 46.1. The highest BCUT2D eigenvalue weighted by atomic mass is 32.2. The van der Waals surface area contributed by atoms with Gasteiger partial charge in [0.05, 0.1) is 24.5 Å². The van der Waals surface area contributed by atoms with Gasteiger partial charge in [0.25, 0.3) is 0 Å². The average Bonchev–Trinajstić information content (AvgIpc) is 3.20. The highest BCUT2D eigenvalue weighted by Gasteiger charge is 2.29. The van der Waals surface area contributed by atoms with E-state index in [9.17, 15) is 13.2 Å². The molecule has 2 aromatic rings. The smallest absolute Gasteiger partial charge is 0.376 e. The fourth-order valence-corrected chi connectivity index (χ4v) is 4.02. The van der Waals surface area contributed by atoms with Crippen LogP contribution in [0.15, 0.2) is 43.0 Å². The minimum Gasteiger partial charge on any atom is -0.376 e. The number of aromatic nitrogens is 2. The van der Waals surface area contributed by atoms with Gasteiger partial charge in [0.2, 0.25) is 0 Å². The Kier molecular flexibility index (Phi) is 10.6. The molecule has 0 fully saturated rings. The van der Waals surface area contributed by atoms with E-state index in [0.717, 1.165) is 43.0 Å². The number of rotatable bonds is 14. The molecule has 7 heteroatoms. The first-order valence-electron chi connectivity index (χ1n) is 10.3. The molecule has 1 aromatic carbocycles. The maximum Gasteiger partial charge on any atom is 0.416 e. The molecular weight excluding hydrogens is 397 g/mol. The summed E-state index contributed by atoms with van der Waals surface area (Å²) in [5.74, 6) is 1.45. The quantitative estimate of drug-likeness (QED) is 0.318. The first kappa shape index (κ1) is 23.8. The SMILES string of the molecule is CCCCCCCCOC(CSCc1ccc(C(F)(F)F)cc1)Cn1ccnc1. The summed E-state index contributed by atoms with van der Waals surface area (Å²) in [6, 6.07) is 5.40.